The SMILES string of the molecule is Cc1csc2nc(COC(=O)c3cc(-c4ccc(O)cc4)nc4ccccc34)cc(=O)n12. The molecule has 0 radical (unpaired) electrons. The van der Waals surface area contributed by atoms with Gasteiger partial charge < -0.3 is 9.84 Å². The first-order valence-corrected chi connectivity index (χ1v) is 10.7. The van der Waals surface area contributed by atoms with Crippen molar-refractivity contribution in [2.24, 2.45) is 0 Å². The molecule has 0 spiro atoms. The lowest BCUT2D eigenvalue weighted by atomic mass is 10.0. The maximum atomic E-state index is 13.0. The Balaban J connectivity index is 1.49. The average molecular weight is 443 g/mol. The first-order valence-electron chi connectivity index (χ1n) is 9.83. The molecular formula is C24H17N3O4S. The Hall–Kier alpha value is -4.04. The van der Waals surface area contributed by atoms with E-state index in [0.717, 1.165) is 11.3 Å². The number of phenolic OH excluding ortho intramolecular Hbond substituents is 1. The van der Waals surface area contributed by atoms with E-state index in [1.165, 1.54) is 21.8 Å². The van der Waals surface area contributed by atoms with E-state index in [9.17, 15) is 14.7 Å². The number of aromatic nitrogens is 3. The normalized spacial score (nSPS) is 11.2. The molecule has 8 heteroatoms. The lowest BCUT2D eigenvalue weighted by Gasteiger charge is -2.10. The first-order chi connectivity index (χ1) is 15.5. The van der Waals surface area contributed by atoms with Crippen LogP contribution in [0.5, 0.6) is 5.75 Å². The number of esters is 1. The highest BCUT2D eigenvalue weighted by molar-refractivity contribution is 7.15. The van der Waals surface area contributed by atoms with Gasteiger partial charge in [-0.15, -0.1) is 11.3 Å². The fourth-order valence-electron chi connectivity index (χ4n) is 3.52. The summed E-state index contributed by atoms with van der Waals surface area (Å²) in [5, 5.41) is 12.1. The van der Waals surface area contributed by atoms with Gasteiger partial charge >= 0.3 is 5.97 Å². The smallest absolute Gasteiger partial charge is 0.339 e. The molecule has 7 nitrogen and oxygen atoms in total. The molecule has 5 rings (SSSR count). The Labute approximate surface area is 186 Å². The number of nitrogens with zero attached hydrogens (tertiary/aromatic N) is 3. The summed E-state index contributed by atoms with van der Waals surface area (Å²) in [5.74, 6) is -0.386. The Morgan fingerprint density at radius 3 is 2.69 bits per heavy atom. The minimum Gasteiger partial charge on any atom is -0.508 e. The predicted octanol–water partition coefficient (Wildman–Crippen LogP) is 4.34. The molecule has 0 aliphatic heterocycles. The molecular weight excluding hydrogens is 426 g/mol. The molecule has 0 aliphatic rings. The molecule has 3 heterocycles. The van der Waals surface area contributed by atoms with E-state index >= 15 is 0 Å². The van der Waals surface area contributed by atoms with Crippen LogP contribution >= 0.6 is 11.3 Å². The van der Waals surface area contributed by atoms with Crippen molar-refractivity contribution in [1.29, 1.82) is 0 Å². The van der Waals surface area contributed by atoms with Crippen LogP contribution in [-0.2, 0) is 11.3 Å². The third-order valence-electron chi connectivity index (χ3n) is 5.08. The summed E-state index contributed by atoms with van der Waals surface area (Å²) in [5.41, 5.74) is 3.36. The number of ether oxygens (including phenoxy) is 1. The van der Waals surface area contributed by atoms with Crippen LogP contribution in [-0.4, -0.2) is 25.4 Å². The molecule has 0 atom stereocenters. The van der Waals surface area contributed by atoms with Gasteiger partial charge in [0.2, 0.25) is 0 Å². The van der Waals surface area contributed by atoms with E-state index in [-0.39, 0.29) is 17.9 Å². The molecule has 0 unspecified atom stereocenters. The Morgan fingerprint density at radius 1 is 1.09 bits per heavy atom. The summed E-state index contributed by atoms with van der Waals surface area (Å²) in [6, 6.07) is 17.0. The van der Waals surface area contributed by atoms with Crippen molar-refractivity contribution in [2.45, 2.75) is 13.5 Å². The van der Waals surface area contributed by atoms with E-state index in [1.807, 2.05) is 36.6 Å². The summed E-state index contributed by atoms with van der Waals surface area (Å²) in [6.07, 6.45) is 0. The summed E-state index contributed by atoms with van der Waals surface area (Å²) in [6.45, 7) is 1.72. The second-order valence-corrected chi connectivity index (χ2v) is 8.11. The molecule has 158 valence electrons. The lowest BCUT2D eigenvalue weighted by Crippen LogP contribution is -2.16. The molecule has 0 fully saturated rings. The van der Waals surface area contributed by atoms with E-state index in [2.05, 4.69) is 9.97 Å². The van der Waals surface area contributed by atoms with Crippen molar-refractivity contribution in [3.63, 3.8) is 0 Å². The molecule has 3 aromatic heterocycles. The van der Waals surface area contributed by atoms with Crippen LogP contribution in [0.25, 0.3) is 27.1 Å². The fraction of sp³-hybridized carbons (Fsp3) is 0.0833. The summed E-state index contributed by atoms with van der Waals surface area (Å²) >= 11 is 1.36. The predicted molar refractivity (Wildman–Crippen MR) is 122 cm³/mol. The average Bonchev–Trinajstić information content (AvgIpc) is 3.18. The van der Waals surface area contributed by atoms with Gasteiger partial charge in [0.05, 0.1) is 22.5 Å². The molecule has 1 N–H and O–H groups in total. The number of fused-ring (bicyclic) bond motifs is 2. The molecule has 0 saturated heterocycles. The number of benzene rings is 2. The molecule has 0 bridgehead atoms. The Kier molecular flexibility index (Phi) is 4.91. The van der Waals surface area contributed by atoms with Crippen LogP contribution in [0, 0.1) is 6.92 Å². The summed E-state index contributed by atoms with van der Waals surface area (Å²) in [4.78, 5) is 35.0. The van der Waals surface area contributed by atoms with Gasteiger partial charge in [-0.1, -0.05) is 18.2 Å². The quantitative estimate of drug-likeness (QED) is 0.415. The fourth-order valence-corrected chi connectivity index (χ4v) is 4.41. The number of hydrogen-bond acceptors (Lipinski definition) is 7. The highest BCUT2D eigenvalue weighted by Crippen LogP contribution is 2.27. The molecule has 0 amide bonds. The van der Waals surface area contributed by atoms with Crippen LogP contribution in [0.15, 0.2) is 70.8 Å². The Bertz CT molecular complexity index is 1540. The first kappa shape index (κ1) is 19.9. The number of phenols is 1. The van der Waals surface area contributed by atoms with Crippen LogP contribution in [0.1, 0.15) is 21.7 Å². The van der Waals surface area contributed by atoms with E-state index in [4.69, 9.17) is 4.74 Å². The van der Waals surface area contributed by atoms with E-state index in [0.29, 0.717) is 32.8 Å². The third-order valence-corrected chi connectivity index (χ3v) is 6.02. The number of thiazole rings is 1. The van der Waals surface area contributed by atoms with Gasteiger partial charge in [0.25, 0.3) is 5.56 Å². The second-order valence-electron chi connectivity index (χ2n) is 7.28. The number of aryl methyl sites for hydroxylation is 1. The third kappa shape index (κ3) is 3.61. The molecule has 0 aliphatic carbocycles. The Morgan fingerprint density at radius 2 is 1.88 bits per heavy atom. The van der Waals surface area contributed by atoms with Crippen molar-refractivity contribution in [1.82, 2.24) is 14.4 Å². The maximum absolute atomic E-state index is 13.0. The largest absolute Gasteiger partial charge is 0.508 e. The van der Waals surface area contributed by atoms with E-state index in [1.54, 1.807) is 30.3 Å². The standard InChI is InChI=1S/C24H17N3O4S/c1-14-13-32-24-25-16(10-22(29)27(14)24)12-31-23(30)19-11-21(15-6-8-17(28)9-7-15)26-20-5-3-2-4-18(19)20/h2-11,13,28H,12H2,1H3. The van der Waals surface area contributed by atoms with Crippen molar-refractivity contribution in [3.05, 3.63) is 93.3 Å². The minimum atomic E-state index is -0.534. The zero-order valence-corrected chi connectivity index (χ0v) is 17.8. The summed E-state index contributed by atoms with van der Waals surface area (Å²) < 4.78 is 7.05. The van der Waals surface area contributed by atoms with Gasteiger partial charge in [-0.25, -0.2) is 14.8 Å². The number of rotatable bonds is 4. The second kappa shape index (κ2) is 7.90. The number of hydrogen-bond donors (Lipinski definition) is 1. The lowest BCUT2D eigenvalue weighted by molar-refractivity contribution is 0.0470. The number of carbonyl (C=O) groups is 1. The highest BCUT2D eigenvalue weighted by Gasteiger charge is 2.16. The molecule has 2 aromatic carbocycles. The van der Waals surface area contributed by atoms with Gasteiger partial charge in [-0.3, -0.25) is 9.20 Å². The van der Waals surface area contributed by atoms with Crippen LogP contribution in [0.3, 0.4) is 0 Å². The number of pyridine rings is 1. The summed E-state index contributed by atoms with van der Waals surface area (Å²) in [7, 11) is 0. The van der Waals surface area contributed by atoms with Crippen molar-refractivity contribution >= 4 is 33.2 Å². The zero-order valence-electron chi connectivity index (χ0n) is 17.0. The van der Waals surface area contributed by atoms with Gasteiger partial charge in [-0.05, 0) is 43.3 Å². The molecule has 32 heavy (non-hydrogen) atoms. The van der Waals surface area contributed by atoms with Gasteiger partial charge in [0.1, 0.15) is 12.4 Å². The highest BCUT2D eigenvalue weighted by atomic mass is 32.1. The van der Waals surface area contributed by atoms with Crippen molar-refractivity contribution in [2.75, 3.05) is 0 Å². The number of para-hydroxylation sites is 1. The van der Waals surface area contributed by atoms with E-state index < -0.39 is 5.97 Å². The van der Waals surface area contributed by atoms with Crippen molar-refractivity contribution in [3.8, 4) is 17.0 Å². The van der Waals surface area contributed by atoms with Gasteiger partial charge in [0, 0.05) is 28.1 Å². The monoisotopic (exact) mass is 443 g/mol. The molecule has 5 aromatic rings. The number of carbonyl (C=O) groups excluding carboxylic acids is 1. The molecule has 0 saturated carbocycles. The van der Waals surface area contributed by atoms with Crippen LogP contribution < -0.4 is 5.56 Å². The van der Waals surface area contributed by atoms with Gasteiger partial charge in [-0.2, -0.15) is 0 Å². The van der Waals surface area contributed by atoms with Crippen molar-refractivity contribution < 1.29 is 14.6 Å². The zero-order chi connectivity index (χ0) is 22.2. The topological polar surface area (TPSA) is 93.8 Å². The van der Waals surface area contributed by atoms with Crippen LogP contribution in [0.2, 0.25) is 0 Å². The number of aromatic hydroxyl groups is 1. The maximum Gasteiger partial charge on any atom is 0.339 e. The van der Waals surface area contributed by atoms with Gasteiger partial charge in [0.15, 0.2) is 4.96 Å². The van der Waals surface area contributed by atoms with Crippen LogP contribution in [0.4, 0.5) is 0 Å². The minimum absolute atomic E-state index is 0.118.